The monoisotopic (exact) mass is 267 g/mol. The van der Waals surface area contributed by atoms with E-state index in [0.29, 0.717) is 5.58 Å². The third kappa shape index (κ3) is 1.67. The molecule has 0 radical (unpaired) electrons. The van der Waals surface area contributed by atoms with Gasteiger partial charge in [0.2, 0.25) is 0 Å². The number of hydrogen-bond acceptors (Lipinski definition) is 2. The topological polar surface area (TPSA) is 39.2 Å². The molecule has 20 heavy (non-hydrogen) atoms. The molecule has 0 amide bonds. The Morgan fingerprint density at radius 1 is 1.15 bits per heavy atom. The third-order valence-electron chi connectivity index (χ3n) is 4.06. The fraction of sp³-hybridized carbons (Fsp3) is 0.176. The Labute approximate surface area is 116 Å². The van der Waals surface area contributed by atoms with Crippen molar-refractivity contribution in [2.45, 2.75) is 18.9 Å². The average Bonchev–Trinajstić information content (AvgIpc) is 3.02. The molecule has 1 aliphatic carbocycles. The maximum Gasteiger partial charge on any atom is 0.135 e. The first-order valence-electron chi connectivity index (χ1n) is 6.79. The molecule has 0 spiro atoms. The van der Waals surface area contributed by atoms with Crippen LogP contribution in [-0.4, -0.2) is 0 Å². The highest BCUT2D eigenvalue weighted by molar-refractivity contribution is 5.83. The fourth-order valence-electron chi connectivity index (χ4n) is 3.06. The van der Waals surface area contributed by atoms with Gasteiger partial charge in [-0.05, 0) is 48.2 Å². The number of hydrogen-bond donors (Lipinski definition) is 1. The molecule has 3 aromatic rings. The van der Waals surface area contributed by atoms with E-state index >= 15 is 0 Å². The molecule has 100 valence electrons. The third-order valence-corrected chi connectivity index (χ3v) is 4.06. The summed E-state index contributed by atoms with van der Waals surface area (Å²) in [5.41, 5.74) is 10.4. The molecule has 0 aliphatic heterocycles. The Balaban J connectivity index is 1.92. The highest BCUT2D eigenvalue weighted by Crippen LogP contribution is 2.38. The summed E-state index contributed by atoms with van der Waals surface area (Å²) in [6, 6.07) is 12.7. The first-order chi connectivity index (χ1) is 9.72. The largest absolute Gasteiger partial charge is 0.456 e. The van der Waals surface area contributed by atoms with Gasteiger partial charge in [-0.2, -0.15) is 0 Å². The zero-order valence-corrected chi connectivity index (χ0v) is 10.9. The van der Waals surface area contributed by atoms with Gasteiger partial charge in [0.1, 0.15) is 17.2 Å². The van der Waals surface area contributed by atoms with E-state index in [2.05, 4.69) is 6.07 Å². The molecule has 1 unspecified atom stereocenters. The van der Waals surface area contributed by atoms with Gasteiger partial charge in [0.25, 0.3) is 0 Å². The quantitative estimate of drug-likeness (QED) is 0.718. The molecule has 3 heteroatoms. The second-order valence-electron chi connectivity index (χ2n) is 5.31. The average molecular weight is 267 g/mol. The second kappa shape index (κ2) is 4.18. The van der Waals surface area contributed by atoms with Crippen LogP contribution < -0.4 is 5.73 Å². The van der Waals surface area contributed by atoms with Gasteiger partial charge in [0.15, 0.2) is 0 Å². The number of nitrogens with two attached hydrogens (primary N) is 1. The zero-order chi connectivity index (χ0) is 13.7. The van der Waals surface area contributed by atoms with Crippen LogP contribution in [-0.2, 0) is 6.42 Å². The van der Waals surface area contributed by atoms with Gasteiger partial charge in [-0.25, -0.2) is 4.39 Å². The fourth-order valence-corrected chi connectivity index (χ4v) is 3.06. The summed E-state index contributed by atoms with van der Waals surface area (Å²) in [5, 5.41) is 0.792. The lowest BCUT2D eigenvalue weighted by Gasteiger charge is -2.07. The highest BCUT2D eigenvalue weighted by atomic mass is 19.1. The van der Waals surface area contributed by atoms with Gasteiger partial charge >= 0.3 is 0 Å². The van der Waals surface area contributed by atoms with Gasteiger partial charge in [-0.1, -0.05) is 18.2 Å². The van der Waals surface area contributed by atoms with Crippen molar-refractivity contribution in [3.63, 3.8) is 0 Å². The standard InChI is InChI=1S/C17H14FNO/c18-11-4-7-16-10(8-11)9-17(20-16)14-3-1-2-13-12(14)5-6-15(13)19/h1-4,7-9,15H,5-6,19H2. The summed E-state index contributed by atoms with van der Waals surface area (Å²) >= 11 is 0. The minimum Gasteiger partial charge on any atom is -0.456 e. The van der Waals surface area contributed by atoms with Crippen LogP contribution in [0.5, 0.6) is 0 Å². The first-order valence-corrected chi connectivity index (χ1v) is 6.79. The second-order valence-corrected chi connectivity index (χ2v) is 5.31. The SMILES string of the molecule is NC1CCc2c(-c3cc4cc(F)ccc4o3)cccc21. The van der Waals surface area contributed by atoms with Crippen LogP contribution in [0.4, 0.5) is 4.39 Å². The van der Waals surface area contributed by atoms with Crippen molar-refractivity contribution in [3.8, 4) is 11.3 Å². The van der Waals surface area contributed by atoms with Crippen molar-refractivity contribution in [2.75, 3.05) is 0 Å². The van der Waals surface area contributed by atoms with Gasteiger partial charge < -0.3 is 10.2 Å². The Kier molecular flexibility index (Phi) is 2.44. The number of halogens is 1. The molecular weight excluding hydrogens is 253 g/mol. The molecule has 0 saturated heterocycles. The Bertz CT molecular complexity index is 806. The van der Waals surface area contributed by atoms with Crippen molar-refractivity contribution in [3.05, 3.63) is 59.4 Å². The van der Waals surface area contributed by atoms with Crippen LogP contribution >= 0.6 is 0 Å². The van der Waals surface area contributed by atoms with E-state index in [4.69, 9.17) is 10.2 Å². The molecule has 1 heterocycles. The molecule has 2 N–H and O–H groups in total. The predicted molar refractivity (Wildman–Crippen MR) is 76.9 cm³/mol. The summed E-state index contributed by atoms with van der Waals surface area (Å²) in [6.45, 7) is 0. The Hall–Kier alpha value is -2.13. The number of rotatable bonds is 1. The van der Waals surface area contributed by atoms with E-state index < -0.39 is 0 Å². The van der Waals surface area contributed by atoms with Gasteiger partial charge in [0.05, 0.1) is 0 Å². The van der Waals surface area contributed by atoms with E-state index in [1.807, 2.05) is 18.2 Å². The van der Waals surface area contributed by atoms with Crippen LogP contribution in [0.15, 0.2) is 46.9 Å². The van der Waals surface area contributed by atoms with E-state index in [1.165, 1.54) is 23.3 Å². The summed E-state index contributed by atoms with van der Waals surface area (Å²) in [6.07, 6.45) is 1.94. The zero-order valence-electron chi connectivity index (χ0n) is 10.9. The molecular formula is C17H14FNO. The van der Waals surface area contributed by atoms with Crippen molar-refractivity contribution in [2.24, 2.45) is 5.73 Å². The summed E-state index contributed by atoms with van der Waals surface area (Å²) in [7, 11) is 0. The van der Waals surface area contributed by atoms with E-state index in [0.717, 1.165) is 29.6 Å². The molecule has 1 aromatic heterocycles. The van der Waals surface area contributed by atoms with Crippen molar-refractivity contribution >= 4 is 11.0 Å². The van der Waals surface area contributed by atoms with Gasteiger partial charge in [-0.15, -0.1) is 0 Å². The molecule has 1 atom stereocenters. The van der Waals surface area contributed by atoms with E-state index in [9.17, 15) is 4.39 Å². The number of benzene rings is 2. The lowest BCUT2D eigenvalue weighted by molar-refractivity contribution is 0.618. The van der Waals surface area contributed by atoms with Crippen LogP contribution in [0.1, 0.15) is 23.6 Å². The Morgan fingerprint density at radius 2 is 2.05 bits per heavy atom. The number of furan rings is 1. The molecule has 2 nitrogen and oxygen atoms in total. The van der Waals surface area contributed by atoms with E-state index in [1.54, 1.807) is 6.07 Å². The molecule has 4 rings (SSSR count). The van der Waals surface area contributed by atoms with E-state index in [-0.39, 0.29) is 11.9 Å². The maximum atomic E-state index is 13.3. The molecule has 0 bridgehead atoms. The lowest BCUT2D eigenvalue weighted by atomic mass is 10.0. The number of fused-ring (bicyclic) bond motifs is 2. The predicted octanol–water partition coefficient (Wildman–Crippen LogP) is 4.18. The van der Waals surface area contributed by atoms with Crippen LogP contribution in [0.2, 0.25) is 0 Å². The minimum absolute atomic E-state index is 0.117. The summed E-state index contributed by atoms with van der Waals surface area (Å²) < 4.78 is 19.1. The normalized spacial score (nSPS) is 17.6. The van der Waals surface area contributed by atoms with Gasteiger partial charge in [-0.3, -0.25) is 0 Å². The van der Waals surface area contributed by atoms with Crippen LogP contribution in [0.25, 0.3) is 22.3 Å². The Morgan fingerprint density at radius 3 is 2.95 bits per heavy atom. The maximum absolute atomic E-state index is 13.3. The minimum atomic E-state index is -0.245. The smallest absolute Gasteiger partial charge is 0.135 e. The molecule has 0 saturated carbocycles. The molecule has 0 fully saturated rings. The summed E-state index contributed by atoms with van der Waals surface area (Å²) in [5.74, 6) is 0.543. The highest BCUT2D eigenvalue weighted by Gasteiger charge is 2.23. The molecule has 1 aliphatic rings. The lowest BCUT2D eigenvalue weighted by Crippen LogP contribution is -2.04. The van der Waals surface area contributed by atoms with Gasteiger partial charge in [0, 0.05) is 17.0 Å². The molecule has 2 aromatic carbocycles. The van der Waals surface area contributed by atoms with Crippen molar-refractivity contribution < 1.29 is 8.81 Å². The van der Waals surface area contributed by atoms with Crippen LogP contribution in [0.3, 0.4) is 0 Å². The summed E-state index contributed by atoms with van der Waals surface area (Å²) in [4.78, 5) is 0. The van der Waals surface area contributed by atoms with Crippen molar-refractivity contribution in [1.82, 2.24) is 0 Å². The van der Waals surface area contributed by atoms with Crippen molar-refractivity contribution in [1.29, 1.82) is 0 Å². The van der Waals surface area contributed by atoms with Crippen LogP contribution in [0, 0.1) is 5.82 Å². The first kappa shape index (κ1) is 11.7.